The van der Waals surface area contributed by atoms with E-state index >= 15 is 0 Å². The van der Waals surface area contributed by atoms with Crippen LogP contribution in [0.2, 0.25) is 0 Å². The number of nitrogens with zero attached hydrogens (tertiary/aromatic N) is 3. The first-order chi connectivity index (χ1) is 8.31. The third kappa shape index (κ3) is 3.94. The van der Waals surface area contributed by atoms with Crippen molar-refractivity contribution in [3.63, 3.8) is 0 Å². The lowest BCUT2D eigenvalue weighted by Gasteiger charge is -2.38. The highest BCUT2D eigenvalue weighted by atomic mass is 15.3. The van der Waals surface area contributed by atoms with Crippen LogP contribution in [0.15, 0.2) is 0 Å². The average Bonchev–Trinajstić information content (AvgIpc) is 2.40. The Morgan fingerprint density at radius 1 is 0.706 bits per heavy atom. The van der Waals surface area contributed by atoms with E-state index in [1.54, 1.807) is 0 Å². The molecule has 0 saturated carbocycles. The lowest BCUT2D eigenvalue weighted by atomic mass is 9.96. The minimum absolute atomic E-state index is 0.964. The van der Waals surface area contributed by atoms with Gasteiger partial charge in [0.05, 0.1) is 0 Å². The summed E-state index contributed by atoms with van der Waals surface area (Å²) in [5.41, 5.74) is 0. The second kappa shape index (κ2) is 6.72. The molecular formula is C14H29N3. The lowest BCUT2D eigenvalue weighted by Crippen LogP contribution is -2.48. The van der Waals surface area contributed by atoms with Crippen molar-refractivity contribution in [2.75, 3.05) is 58.9 Å². The molecule has 3 heteroatoms. The molecule has 0 amide bonds. The van der Waals surface area contributed by atoms with E-state index < -0.39 is 0 Å². The molecule has 2 saturated heterocycles. The van der Waals surface area contributed by atoms with Crippen LogP contribution in [0.25, 0.3) is 0 Å². The Labute approximate surface area is 107 Å². The van der Waals surface area contributed by atoms with Gasteiger partial charge in [-0.3, -0.25) is 0 Å². The molecule has 0 aromatic rings. The zero-order chi connectivity index (χ0) is 12.1. The Kier molecular flexibility index (Phi) is 5.26. The van der Waals surface area contributed by atoms with E-state index in [4.69, 9.17) is 0 Å². The van der Waals surface area contributed by atoms with Crippen LogP contribution in [0, 0.1) is 5.92 Å². The largest absolute Gasteiger partial charge is 0.304 e. The number of hydrogen-bond acceptors (Lipinski definition) is 3. The Hall–Kier alpha value is -0.120. The second-order valence-electron chi connectivity index (χ2n) is 5.61. The zero-order valence-electron chi connectivity index (χ0n) is 11.7. The van der Waals surface area contributed by atoms with Gasteiger partial charge in [-0.05, 0) is 44.9 Å². The molecule has 0 aromatic heterocycles. The van der Waals surface area contributed by atoms with Gasteiger partial charge in [0.15, 0.2) is 0 Å². The standard InChI is InChI=1S/C14H29N3/c1-3-15-7-5-14(6-8-15)13-17-11-9-16(4-2)10-12-17/h14H,3-13H2,1-2H3. The maximum atomic E-state index is 2.69. The van der Waals surface area contributed by atoms with Gasteiger partial charge in [-0.25, -0.2) is 0 Å². The summed E-state index contributed by atoms with van der Waals surface area (Å²) in [5, 5.41) is 0. The van der Waals surface area contributed by atoms with E-state index in [1.165, 1.54) is 71.7 Å². The fourth-order valence-electron chi connectivity index (χ4n) is 3.14. The van der Waals surface area contributed by atoms with Gasteiger partial charge in [-0.2, -0.15) is 0 Å². The molecule has 0 atom stereocenters. The van der Waals surface area contributed by atoms with Gasteiger partial charge in [0.1, 0.15) is 0 Å². The fraction of sp³-hybridized carbons (Fsp3) is 1.00. The van der Waals surface area contributed by atoms with Crippen LogP contribution in [0.1, 0.15) is 26.7 Å². The van der Waals surface area contributed by atoms with Crippen molar-refractivity contribution in [2.45, 2.75) is 26.7 Å². The number of hydrogen-bond donors (Lipinski definition) is 0. The predicted molar refractivity (Wildman–Crippen MR) is 73.4 cm³/mol. The first-order valence-corrected chi connectivity index (χ1v) is 7.49. The van der Waals surface area contributed by atoms with E-state index in [0.29, 0.717) is 0 Å². The first-order valence-electron chi connectivity index (χ1n) is 7.49. The van der Waals surface area contributed by atoms with Gasteiger partial charge < -0.3 is 14.7 Å². The highest BCUT2D eigenvalue weighted by Crippen LogP contribution is 2.18. The number of piperidine rings is 1. The normalized spacial score (nSPS) is 26.5. The van der Waals surface area contributed by atoms with Crippen LogP contribution in [0.3, 0.4) is 0 Å². The van der Waals surface area contributed by atoms with E-state index in [-0.39, 0.29) is 0 Å². The monoisotopic (exact) mass is 239 g/mol. The topological polar surface area (TPSA) is 9.72 Å². The van der Waals surface area contributed by atoms with Crippen molar-refractivity contribution < 1.29 is 0 Å². The summed E-state index contributed by atoms with van der Waals surface area (Å²) in [4.78, 5) is 7.85. The molecule has 2 aliphatic heterocycles. The van der Waals surface area contributed by atoms with Crippen LogP contribution in [0.5, 0.6) is 0 Å². The number of rotatable bonds is 4. The zero-order valence-corrected chi connectivity index (χ0v) is 11.7. The van der Waals surface area contributed by atoms with Crippen LogP contribution in [-0.2, 0) is 0 Å². The number of likely N-dealkylation sites (tertiary alicyclic amines) is 1. The molecule has 0 N–H and O–H groups in total. The van der Waals surface area contributed by atoms with E-state index in [2.05, 4.69) is 28.5 Å². The summed E-state index contributed by atoms with van der Waals surface area (Å²) in [7, 11) is 0. The van der Waals surface area contributed by atoms with Crippen LogP contribution >= 0.6 is 0 Å². The predicted octanol–water partition coefficient (Wildman–Crippen LogP) is 1.36. The van der Waals surface area contributed by atoms with Gasteiger partial charge in [0.25, 0.3) is 0 Å². The van der Waals surface area contributed by atoms with Crippen molar-refractivity contribution in [2.24, 2.45) is 5.92 Å². The van der Waals surface area contributed by atoms with E-state index in [9.17, 15) is 0 Å². The fourth-order valence-corrected chi connectivity index (χ4v) is 3.14. The molecule has 0 radical (unpaired) electrons. The van der Waals surface area contributed by atoms with E-state index in [1.807, 2.05) is 0 Å². The third-order valence-electron chi connectivity index (χ3n) is 4.58. The maximum Gasteiger partial charge on any atom is 0.0110 e. The molecule has 0 aromatic carbocycles. The molecule has 2 rings (SSSR count). The Bertz CT molecular complexity index is 182. The molecular weight excluding hydrogens is 210 g/mol. The maximum absolute atomic E-state index is 2.69. The summed E-state index contributed by atoms with van der Waals surface area (Å²) in [6.45, 7) is 16.2. The molecule has 2 fully saturated rings. The smallest absolute Gasteiger partial charge is 0.0110 e. The second-order valence-corrected chi connectivity index (χ2v) is 5.61. The van der Waals surface area contributed by atoms with Crippen molar-refractivity contribution in [1.29, 1.82) is 0 Å². The van der Waals surface area contributed by atoms with Crippen molar-refractivity contribution in [3.05, 3.63) is 0 Å². The van der Waals surface area contributed by atoms with E-state index in [0.717, 1.165) is 5.92 Å². The lowest BCUT2D eigenvalue weighted by molar-refractivity contribution is 0.0989. The van der Waals surface area contributed by atoms with Crippen LogP contribution < -0.4 is 0 Å². The summed E-state index contributed by atoms with van der Waals surface area (Å²) in [5.74, 6) is 0.964. The van der Waals surface area contributed by atoms with Gasteiger partial charge >= 0.3 is 0 Å². The van der Waals surface area contributed by atoms with Crippen molar-refractivity contribution in [1.82, 2.24) is 14.7 Å². The van der Waals surface area contributed by atoms with Crippen LogP contribution in [0.4, 0.5) is 0 Å². The number of likely N-dealkylation sites (N-methyl/N-ethyl adjacent to an activating group) is 1. The minimum Gasteiger partial charge on any atom is -0.304 e. The van der Waals surface area contributed by atoms with Crippen LogP contribution in [-0.4, -0.2) is 73.6 Å². The summed E-state index contributed by atoms with van der Waals surface area (Å²) in [6, 6.07) is 0. The Balaban J connectivity index is 1.65. The van der Waals surface area contributed by atoms with Crippen molar-refractivity contribution >= 4 is 0 Å². The Morgan fingerprint density at radius 3 is 1.71 bits per heavy atom. The summed E-state index contributed by atoms with van der Waals surface area (Å²) in [6.07, 6.45) is 2.84. The van der Waals surface area contributed by atoms with Gasteiger partial charge in [-0.15, -0.1) is 0 Å². The summed E-state index contributed by atoms with van der Waals surface area (Å²) >= 11 is 0. The first kappa shape index (κ1) is 13.3. The molecule has 0 bridgehead atoms. The molecule has 2 heterocycles. The Morgan fingerprint density at radius 2 is 1.18 bits per heavy atom. The minimum atomic E-state index is 0.964. The molecule has 0 aliphatic carbocycles. The van der Waals surface area contributed by atoms with Crippen molar-refractivity contribution in [3.8, 4) is 0 Å². The molecule has 2 aliphatic rings. The average molecular weight is 239 g/mol. The highest BCUT2D eigenvalue weighted by Gasteiger charge is 2.22. The highest BCUT2D eigenvalue weighted by molar-refractivity contribution is 4.77. The number of piperazine rings is 1. The molecule has 0 spiro atoms. The van der Waals surface area contributed by atoms with Gasteiger partial charge in [0.2, 0.25) is 0 Å². The molecule has 3 nitrogen and oxygen atoms in total. The molecule has 0 unspecified atom stereocenters. The SMILES string of the molecule is CCN1CCC(CN2CCN(CC)CC2)CC1. The molecule has 17 heavy (non-hydrogen) atoms. The van der Waals surface area contributed by atoms with Gasteiger partial charge in [0, 0.05) is 32.7 Å². The van der Waals surface area contributed by atoms with Gasteiger partial charge in [-0.1, -0.05) is 13.8 Å². The third-order valence-corrected chi connectivity index (χ3v) is 4.58. The summed E-state index contributed by atoms with van der Waals surface area (Å²) < 4.78 is 0. The molecule has 100 valence electrons. The quantitative estimate of drug-likeness (QED) is 0.733.